The fourth-order valence-electron chi connectivity index (χ4n) is 1.22. The largest absolute Gasteiger partial charge is 0.395 e. The molecule has 0 aliphatic carbocycles. The van der Waals surface area contributed by atoms with E-state index < -0.39 is 0 Å². The Morgan fingerprint density at radius 2 is 1.93 bits per heavy atom. The van der Waals surface area contributed by atoms with Crippen LogP contribution >= 0.6 is 11.6 Å². The van der Waals surface area contributed by atoms with Crippen LogP contribution in [0.5, 0.6) is 0 Å². The van der Waals surface area contributed by atoms with Crippen molar-refractivity contribution in [3.8, 4) is 0 Å². The summed E-state index contributed by atoms with van der Waals surface area (Å²) in [5.74, 6) is 0. The van der Waals surface area contributed by atoms with E-state index in [2.05, 4.69) is 4.98 Å². The molecule has 0 aromatic carbocycles. The topological polar surface area (TPSA) is 56.6 Å². The zero-order chi connectivity index (χ0) is 10.4. The fourth-order valence-corrected chi connectivity index (χ4v) is 1.46. The minimum atomic E-state index is 0.0264. The van der Waals surface area contributed by atoms with E-state index in [9.17, 15) is 0 Å². The molecule has 1 aromatic rings. The Labute approximate surface area is 87.8 Å². The maximum Gasteiger partial charge on any atom is 0.0822 e. The Balaban J connectivity index is 2.81. The SMILES string of the molecule is OCCN(CCO)c1ccncc1Cl. The van der Waals surface area contributed by atoms with Gasteiger partial charge < -0.3 is 15.1 Å². The molecule has 2 N–H and O–H groups in total. The maximum atomic E-state index is 8.83. The van der Waals surface area contributed by atoms with Crippen molar-refractivity contribution in [1.29, 1.82) is 0 Å². The summed E-state index contributed by atoms with van der Waals surface area (Å²) in [6.45, 7) is 0.950. The normalized spacial score (nSPS) is 10.2. The van der Waals surface area contributed by atoms with Crippen LogP contribution in [0.25, 0.3) is 0 Å². The van der Waals surface area contributed by atoms with E-state index in [0.29, 0.717) is 18.1 Å². The van der Waals surface area contributed by atoms with Crippen LogP contribution in [-0.2, 0) is 0 Å². The number of pyridine rings is 1. The van der Waals surface area contributed by atoms with Crippen molar-refractivity contribution in [1.82, 2.24) is 4.98 Å². The van der Waals surface area contributed by atoms with Crippen LogP contribution in [0, 0.1) is 0 Å². The van der Waals surface area contributed by atoms with E-state index in [1.807, 2.05) is 4.90 Å². The molecule has 1 heterocycles. The quantitative estimate of drug-likeness (QED) is 0.754. The maximum absolute atomic E-state index is 8.83. The van der Waals surface area contributed by atoms with E-state index >= 15 is 0 Å². The highest BCUT2D eigenvalue weighted by molar-refractivity contribution is 6.33. The molecule has 4 nitrogen and oxygen atoms in total. The molecule has 14 heavy (non-hydrogen) atoms. The van der Waals surface area contributed by atoms with Crippen molar-refractivity contribution < 1.29 is 10.2 Å². The summed E-state index contributed by atoms with van der Waals surface area (Å²) >= 11 is 5.92. The van der Waals surface area contributed by atoms with Crippen LogP contribution in [0.15, 0.2) is 18.5 Å². The van der Waals surface area contributed by atoms with Crippen molar-refractivity contribution in [2.45, 2.75) is 0 Å². The average Bonchev–Trinajstić information content (AvgIpc) is 2.18. The van der Waals surface area contributed by atoms with Crippen LogP contribution in [0.3, 0.4) is 0 Å². The van der Waals surface area contributed by atoms with Gasteiger partial charge >= 0.3 is 0 Å². The highest BCUT2D eigenvalue weighted by Crippen LogP contribution is 2.23. The van der Waals surface area contributed by atoms with Gasteiger partial charge in [-0.25, -0.2) is 0 Å². The lowest BCUT2D eigenvalue weighted by molar-refractivity contribution is 0.281. The molecule has 0 aliphatic heterocycles. The summed E-state index contributed by atoms with van der Waals surface area (Å²) in [4.78, 5) is 5.67. The number of hydrogen-bond acceptors (Lipinski definition) is 4. The second-order valence-corrected chi connectivity index (χ2v) is 3.17. The minimum absolute atomic E-state index is 0.0264. The molecular formula is C9H13ClN2O2. The molecule has 0 atom stereocenters. The van der Waals surface area contributed by atoms with Gasteiger partial charge in [0.15, 0.2) is 0 Å². The summed E-state index contributed by atoms with van der Waals surface area (Å²) in [7, 11) is 0. The first-order valence-electron chi connectivity index (χ1n) is 4.35. The minimum Gasteiger partial charge on any atom is -0.395 e. The number of aliphatic hydroxyl groups excluding tert-OH is 2. The van der Waals surface area contributed by atoms with Crippen LogP contribution in [0.4, 0.5) is 5.69 Å². The van der Waals surface area contributed by atoms with Crippen LogP contribution in [-0.4, -0.2) is 41.5 Å². The predicted molar refractivity (Wildman–Crippen MR) is 55.6 cm³/mol. The van der Waals surface area contributed by atoms with Gasteiger partial charge in [-0.3, -0.25) is 4.98 Å². The first-order valence-corrected chi connectivity index (χ1v) is 4.73. The number of aliphatic hydroxyl groups is 2. The summed E-state index contributed by atoms with van der Waals surface area (Å²) in [5, 5.41) is 18.2. The molecular weight excluding hydrogens is 204 g/mol. The fraction of sp³-hybridized carbons (Fsp3) is 0.444. The summed E-state index contributed by atoms with van der Waals surface area (Å²) in [6.07, 6.45) is 3.17. The standard InChI is InChI=1S/C9H13ClN2O2/c10-8-7-11-2-1-9(8)12(3-5-13)4-6-14/h1-2,7,13-14H,3-6H2. The van der Waals surface area contributed by atoms with Crippen LogP contribution in [0.2, 0.25) is 5.02 Å². The molecule has 0 fully saturated rings. The van der Waals surface area contributed by atoms with Gasteiger partial charge in [-0.05, 0) is 6.07 Å². The van der Waals surface area contributed by atoms with Gasteiger partial charge in [-0.2, -0.15) is 0 Å². The molecule has 0 amide bonds. The molecule has 1 rings (SSSR count). The Morgan fingerprint density at radius 3 is 2.43 bits per heavy atom. The predicted octanol–water partition coefficient (Wildman–Crippen LogP) is 0.526. The second-order valence-electron chi connectivity index (χ2n) is 2.76. The van der Waals surface area contributed by atoms with Crippen molar-refractivity contribution in [3.05, 3.63) is 23.5 Å². The van der Waals surface area contributed by atoms with Crippen molar-refractivity contribution in [3.63, 3.8) is 0 Å². The summed E-state index contributed by atoms with van der Waals surface area (Å²) < 4.78 is 0. The third kappa shape index (κ3) is 2.83. The van der Waals surface area contributed by atoms with E-state index in [0.717, 1.165) is 5.69 Å². The second kappa shape index (κ2) is 5.80. The van der Waals surface area contributed by atoms with Crippen LogP contribution in [0.1, 0.15) is 0 Å². The monoisotopic (exact) mass is 216 g/mol. The third-order valence-corrected chi connectivity index (χ3v) is 2.12. The number of anilines is 1. The Bertz CT molecular complexity index is 277. The number of aromatic nitrogens is 1. The van der Waals surface area contributed by atoms with Gasteiger partial charge in [-0.1, -0.05) is 11.6 Å². The third-order valence-electron chi connectivity index (χ3n) is 1.83. The first kappa shape index (κ1) is 11.2. The number of rotatable bonds is 5. The van der Waals surface area contributed by atoms with Gasteiger partial charge in [0.1, 0.15) is 0 Å². The Hall–Kier alpha value is -0.840. The van der Waals surface area contributed by atoms with Gasteiger partial charge in [0.2, 0.25) is 0 Å². The van der Waals surface area contributed by atoms with Gasteiger partial charge in [-0.15, -0.1) is 0 Å². The molecule has 0 radical (unpaired) electrons. The van der Waals surface area contributed by atoms with Crippen LogP contribution < -0.4 is 4.90 Å². The highest BCUT2D eigenvalue weighted by atomic mass is 35.5. The molecule has 78 valence electrons. The van der Waals surface area contributed by atoms with E-state index in [1.54, 1.807) is 18.5 Å². The van der Waals surface area contributed by atoms with E-state index in [-0.39, 0.29) is 13.2 Å². The lowest BCUT2D eigenvalue weighted by atomic mass is 10.3. The van der Waals surface area contributed by atoms with E-state index in [4.69, 9.17) is 21.8 Å². The molecule has 0 saturated heterocycles. The zero-order valence-electron chi connectivity index (χ0n) is 7.73. The average molecular weight is 217 g/mol. The molecule has 1 aromatic heterocycles. The van der Waals surface area contributed by atoms with E-state index in [1.165, 1.54) is 0 Å². The Morgan fingerprint density at radius 1 is 1.29 bits per heavy atom. The molecule has 0 saturated carbocycles. The van der Waals surface area contributed by atoms with Gasteiger partial charge in [0, 0.05) is 25.5 Å². The number of halogens is 1. The Kier molecular flexibility index (Phi) is 4.65. The number of nitrogens with zero attached hydrogens (tertiary/aromatic N) is 2. The molecule has 0 aliphatic rings. The summed E-state index contributed by atoms with van der Waals surface area (Å²) in [6, 6.07) is 1.76. The lowest BCUT2D eigenvalue weighted by Crippen LogP contribution is -2.29. The lowest BCUT2D eigenvalue weighted by Gasteiger charge is -2.23. The van der Waals surface area contributed by atoms with Gasteiger partial charge in [0.05, 0.1) is 23.9 Å². The molecule has 0 unspecified atom stereocenters. The van der Waals surface area contributed by atoms with Crippen molar-refractivity contribution >= 4 is 17.3 Å². The highest BCUT2D eigenvalue weighted by Gasteiger charge is 2.08. The smallest absolute Gasteiger partial charge is 0.0822 e. The molecule has 0 bridgehead atoms. The van der Waals surface area contributed by atoms with Crippen molar-refractivity contribution in [2.75, 3.05) is 31.2 Å². The van der Waals surface area contributed by atoms with Crippen molar-refractivity contribution in [2.24, 2.45) is 0 Å². The molecule has 5 heteroatoms. The molecule has 0 spiro atoms. The zero-order valence-corrected chi connectivity index (χ0v) is 8.48. The number of hydrogen-bond donors (Lipinski definition) is 2. The first-order chi connectivity index (χ1) is 6.79. The van der Waals surface area contributed by atoms with Gasteiger partial charge in [0.25, 0.3) is 0 Å². The summed E-state index contributed by atoms with van der Waals surface area (Å²) in [5.41, 5.74) is 0.782.